The van der Waals surface area contributed by atoms with Crippen LogP contribution in [0.15, 0.2) is 54.9 Å². The molecule has 3 amide bonds. The van der Waals surface area contributed by atoms with Gasteiger partial charge in [0.1, 0.15) is 12.2 Å². The number of nitrogens with zero attached hydrogens (tertiary/aromatic N) is 3. The van der Waals surface area contributed by atoms with Gasteiger partial charge in [-0.1, -0.05) is 30.3 Å². The molecule has 8 heteroatoms. The zero-order valence-electron chi connectivity index (χ0n) is 14.9. The van der Waals surface area contributed by atoms with Crippen molar-refractivity contribution in [2.24, 2.45) is 0 Å². The Hall–Kier alpha value is -3.81. The number of H-pyrrole nitrogens is 1. The first-order chi connectivity index (χ1) is 13.6. The van der Waals surface area contributed by atoms with Crippen LogP contribution in [0, 0.1) is 0 Å². The number of imide groups is 1. The molecule has 140 valence electrons. The standard InChI is InChI=1S/C20H17N5O3/c26-18(21-11-17-22-12-23-24-17)14-6-7-15-16(10-14)20(28)25(19(15)27)9-8-13-4-2-1-3-5-13/h1-7,10,12H,8-9,11H2,(H,21,26)(H,22,23,24). The summed E-state index contributed by atoms with van der Waals surface area (Å²) in [5.41, 5.74) is 1.94. The number of amides is 3. The Morgan fingerprint density at radius 2 is 1.82 bits per heavy atom. The lowest BCUT2D eigenvalue weighted by Gasteiger charge is -2.13. The zero-order valence-corrected chi connectivity index (χ0v) is 14.9. The molecule has 3 aromatic rings. The third-order valence-corrected chi connectivity index (χ3v) is 4.58. The van der Waals surface area contributed by atoms with Gasteiger partial charge in [0.25, 0.3) is 17.7 Å². The minimum absolute atomic E-state index is 0.187. The fraction of sp³-hybridized carbons (Fsp3) is 0.150. The van der Waals surface area contributed by atoms with Crippen molar-refractivity contribution in [1.29, 1.82) is 0 Å². The smallest absolute Gasteiger partial charge is 0.261 e. The fourth-order valence-corrected chi connectivity index (χ4v) is 3.10. The second-order valence-electron chi connectivity index (χ2n) is 6.37. The van der Waals surface area contributed by atoms with Crippen LogP contribution in [0.1, 0.15) is 42.5 Å². The largest absolute Gasteiger partial charge is 0.345 e. The van der Waals surface area contributed by atoms with Crippen molar-refractivity contribution in [2.45, 2.75) is 13.0 Å². The lowest BCUT2D eigenvalue weighted by molar-refractivity contribution is 0.0656. The SMILES string of the molecule is O=C(NCc1ncn[nH]1)c1ccc2c(c1)C(=O)N(CCc1ccccc1)C2=O. The van der Waals surface area contributed by atoms with Gasteiger partial charge in [-0.15, -0.1) is 0 Å². The predicted octanol–water partition coefficient (Wildman–Crippen LogP) is 1.57. The van der Waals surface area contributed by atoms with Crippen LogP contribution in [0.25, 0.3) is 0 Å². The molecule has 0 saturated carbocycles. The molecular formula is C20H17N5O3. The summed E-state index contributed by atoms with van der Waals surface area (Å²) >= 11 is 0. The van der Waals surface area contributed by atoms with Crippen LogP contribution in [-0.4, -0.2) is 44.3 Å². The molecule has 0 radical (unpaired) electrons. The van der Waals surface area contributed by atoms with Crippen molar-refractivity contribution in [3.05, 3.63) is 82.9 Å². The van der Waals surface area contributed by atoms with E-state index < -0.39 is 0 Å². The van der Waals surface area contributed by atoms with Gasteiger partial charge in [0.05, 0.1) is 17.7 Å². The van der Waals surface area contributed by atoms with Crippen LogP contribution in [0.3, 0.4) is 0 Å². The van der Waals surface area contributed by atoms with Gasteiger partial charge in [-0.3, -0.25) is 24.4 Å². The Morgan fingerprint density at radius 1 is 1.04 bits per heavy atom. The quantitative estimate of drug-likeness (QED) is 0.636. The van der Waals surface area contributed by atoms with Crippen LogP contribution in [0.5, 0.6) is 0 Å². The number of hydrogen-bond donors (Lipinski definition) is 2. The topological polar surface area (TPSA) is 108 Å². The fourth-order valence-electron chi connectivity index (χ4n) is 3.10. The first kappa shape index (κ1) is 17.6. The van der Waals surface area contributed by atoms with Gasteiger partial charge in [-0.2, -0.15) is 5.10 Å². The van der Waals surface area contributed by atoms with Crippen molar-refractivity contribution < 1.29 is 14.4 Å². The van der Waals surface area contributed by atoms with Crippen LogP contribution in [0.2, 0.25) is 0 Å². The molecule has 1 aliphatic heterocycles. The average molecular weight is 375 g/mol. The predicted molar refractivity (Wildman–Crippen MR) is 99.5 cm³/mol. The van der Waals surface area contributed by atoms with Crippen molar-refractivity contribution in [1.82, 2.24) is 25.4 Å². The highest BCUT2D eigenvalue weighted by molar-refractivity contribution is 6.22. The van der Waals surface area contributed by atoms with E-state index in [9.17, 15) is 14.4 Å². The molecule has 1 aromatic heterocycles. The van der Waals surface area contributed by atoms with Crippen LogP contribution >= 0.6 is 0 Å². The highest BCUT2D eigenvalue weighted by Crippen LogP contribution is 2.24. The van der Waals surface area contributed by atoms with E-state index in [1.807, 2.05) is 30.3 Å². The Balaban J connectivity index is 1.46. The van der Waals surface area contributed by atoms with Gasteiger partial charge in [0.15, 0.2) is 0 Å². The molecule has 0 spiro atoms. The number of carbonyl (C=O) groups is 3. The molecular weight excluding hydrogens is 358 g/mol. The number of hydrogen-bond acceptors (Lipinski definition) is 5. The molecule has 2 heterocycles. The Labute approximate surface area is 160 Å². The summed E-state index contributed by atoms with van der Waals surface area (Å²) in [6, 6.07) is 14.2. The maximum absolute atomic E-state index is 12.7. The molecule has 8 nitrogen and oxygen atoms in total. The molecule has 28 heavy (non-hydrogen) atoms. The normalized spacial score (nSPS) is 12.9. The van der Waals surface area contributed by atoms with Crippen LogP contribution in [0.4, 0.5) is 0 Å². The van der Waals surface area contributed by atoms with E-state index in [-0.39, 0.29) is 29.8 Å². The monoisotopic (exact) mass is 375 g/mol. The Morgan fingerprint density at radius 3 is 2.57 bits per heavy atom. The maximum Gasteiger partial charge on any atom is 0.261 e. The molecule has 0 unspecified atom stereocenters. The van der Waals surface area contributed by atoms with Crippen LogP contribution in [-0.2, 0) is 13.0 Å². The summed E-state index contributed by atoms with van der Waals surface area (Å²) in [6.07, 6.45) is 1.93. The van der Waals surface area contributed by atoms with E-state index in [1.54, 1.807) is 6.07 Å². The van der Waals surface area contributed by atoms with Crippen molar-refractivity contribution >= 4 is 17.7 Å². The van der Waals surface area contributed by atoms with Gasteiger partial charge in [0.2, 0.25) is 0 Å². The molecule has 1 aliphatic rings. The van der Waals surface area contributed by atoms with Crippen LogP contribution < -0.4 is 5.32 Å². The number of rotatable bonds is 6. The van der Waals surface area contributed by atoms with E-state index in [0.29, 0.717) is 29.9 Å². The number of aromatic nitrogens is 3. The molecule has 0 saturated heterocycles. The van der Waals surface area contributed by atoms with Gasteiger partial charge >= 0.3 is 0 Å². The van der Waals surface area contributed by atoms with E-state index in [4.69, 9.17) is 0 Å². The Bertz CT molecular complexity index is 1030. The molecule has 4 rings (SSSR count). The average Bonchev–Trinajstić information content (AvgIpc) is 3.33. The summed E-state index contributed by atoms with van der Waals surface area (Å²) in [6.45, 7) is 0.482. The minimum atomic E-state index is -0.374. The summed E-state index contributed by atoms with van der Waals surface area (Å²) in [4.78, 5) is 42.8. The van der Waals surface area contributed by atoms with Gasteiger partial charge < -0.3 is 5.32 Å². The third-order valence-electron chi connectivity index (χ3n) is 4.58. The molecule has 0 atom stereocenters. The van der Waals surface area contributed by atoms with E-state index in [2.05, 4.69) is 20.5 Å². The molecule has 0 aliphatic carbocycles. The summed E-state index contributed by atoms with van der Waals surface area (Å²) in [5, 5.41) is 9.06. The highest BCUT2D eigenvalue weighted by Gasteiger charge is 2.35. The number of nitrogens with one attached hydrogen (secondary N) is 2. The summed E-state index contributed by atoms with van der Waals surface area (Å²) < 4.78 is 0. The minimum Gasteiger partial charge on any atom is -0.345 e. The maximum atomic E-state index is 12.7. The molecule has 0 fully saturated rings. The zero-order chi connectivity index (χ0) is 19.5. The van der Waals surface area contributed by atoms with Gasteiger partial charge in [-0.05, 0) is 30.2 Å². The third kappa shape index (κ3) is 3.39. The Kier molecular flexibility index (Phi) is 4.67. The molecule has 2 aromatic carbocycles. The van der Waals surface area contributed by atoms with Gasteiger partial charge in [-0.25, -0.2) is 4.98 Å². The van der Waals surface area contributed by atoms with E-state index in [1.165, 1.54) is 23.4 Å². The van der Waals surface area contributed by atoms with Crippen molar-refractivity contribution in [3.8, 4) is 0 Å². The summed E-state index contributed by atoms with van der Waals surface area (Å²) in [5.74, 6) is -0.541. The first-order valence-corrected chi connectivity index (χ1v) is 8.80. The number of benzene rings is 2. The second-order valence-corrected chi connectivity index (χ2v) is 6.37. The van der Waals surface area contributed by atoms with Crippen molar-refractivity contribution in [3.63, 3.8) is 0 Å². The van der Waals surface area contributed by atoms with Gasteiger partial charge in [0, 0.05) is 12.1 Å². The molecule has 0 bridgehead atoms. The summed E-state index contributed by atoms with van der Waals surface area (Å²) in [7, 11) is 0. The second kappa shape index (κ2) is 7.43. The number of fused-ring (bicyclic) bond motifs is 1. The lowest BCUT2D eigenvalue weighted by atomic mass is 10.1. The van der Waals surface area contributed by atoms with E-state index >= 15 is 0 Å². The van der Waals surface area contributed by atoms with E-state index in [0.717, 1.165) is 5.56 Å². The number of aromatic amines is 1. The van der Waals surface area contributed by atoms with Crippen molar-refractivity contribution in [2.75, 3.05) is 6.54 Å². The lowest BCUT2D eigenvalue weighted by Crippen LogP contribution is -2.31. The first-order valence-electron chi connectivity index (χ1n) is 8.80. The highest BCUT2D eigenvalue weighted by atomic mass is 16.2. The number of carbonyl (C=O) groups excluding carboxylic acids is 3. The molecule has 2 N–H and O–H groups in total.